The SMILES string of the molecule is COc1ccc2c(c1)c(C(=O)C(=O)Nc1nc(C)c(C)s1)c(C)n2Cc1ccc(Cl)cc1. The zero-order valence-corrected chi connectivity index (χ0v) is 19.7. The van der Waals surface area contributed by atoms with Gasteiger partial charge in [-0.15, -0.1) is 11.3 Å². The molecule has 4 aromatic rings. The third-order valence-electron chi connectivity index (χ3n) is 5.47. The smallest absolute Gasteiger partial charge is 0.298 e. The maximum atomic E-state index is 13.3. The van der Waals surface area contributed by atoms with Crippen LogP contribution in [0, 0.1) is 20.8 Å². The Balaban J connectivity index is 1.76. The Hall–Kier alpha value is -3.16. The number of ketones is 1. The second kappa shape index (κ2) is 8.76. The van der Waals surface area contributed by atoms with Crippen molar-refractivity contribution in [2.75, 3.05) is 12.4 Å². The van der Waals surface area contributed by atoms with E-state index in [0.29, 0.717) is 39.1 Å². The zero-order valence-electron chi connectivity index (χ0n) is 18.2. The number of aromatic nitrogens is 2. The molecule has 164 valence electrons. The number of nitrogens with zero attached hydrogens (tertiary/aromatic N) is 2. The first kappa shape index (κ1) is 22.0. The number of methoxy groups -OCH3 is 1. The van der Waals surface area contributed by atoms with Crippen molar-refractivity contribution in [1.82, 2.24) is 9.55 Å². The summed E-state index contributed by atoms with van der Waals surface area (Å²) in [6.45, 7) is 6.17. The van der Waals surface area contributed by atoms with Gasteiger partial charge in [0.2, 0.25) is 0 Å². The van der Waals surface area contributed by atoms with Gasteiger partial charge in [-0.2, -0.15) is 0 Å². The predicted molar refractivity (Wildman–Crippen MR) is 128 cm³/mol. The normalized spacial score (nSPS) is 11.0. The molecular weight excluding hydrogens is 446 g/mol. The van der Waals surface area contributed by atoms with Crippen LogP contribution in [0.5, 0.6) is 5.75 Å². The van der Waals surface area contributed by atoms with Gasteiger partial charge in [-0.1, -0.05) is 23.7 Å². The third-order valence-corrected chi connectivity index (χ3v) is 6.71. The van der Waals surface area contributed by atoms with Gasteiger partial charge in [-0.3, -0.25) is 14.9 Å². The number of thiazole rings is 1. The second-order valence-electron chi connectivity index (χ2n) is 7.50. The van der Waals surface area contributed by atoms with Crippen LogP contribution in [0.4, 0.5) is 5.13 Å². The highest BCUT2D eigenvalue weighted by atomic mass is 35.5. The minimum atomic E-state index is -0.713. The van der Waals surface area contributed by atoms with Crippen molar-refractivity contribution < 1.29 is 14.3 Å². The number of amides is 1. The van der Waals surface area contributed by atoms with Crippen LogP contribution in [0.1, 0.15) is 32.2 Å². The summed E-state index contributed by atoms with van der Waals surface area (Å²) in [7, 11) is 1.57. The molecule has 8 heteroatoms. The summed E-state index contributed by atoms with van der Waals surface area (Å²) in [5, 5.41) is 4.40. The Bertz CT molecular complexity index is 1320. The molecule has 0 saturated heterocycles. The lowest BCUT2D eigenvalue weighted by Crippen LogP contribution is -2.23. The molecule has 0 unspecified atom stereocenters. The molecule has 0 aliphatic carbocycles. The molecule has 0 saturated carbocycles. The van der Waals surface area contributed by atoms with E-state index in [4.69, 9.17) is 16.3 Å². The van der Waals surface area contributed by atoms with E-state index in [1.54, 1.807) is 13.2 Å². The number of carbonyl (C=O) groups is 2. The lowest BCUT2D eigenvalue weighted by Gasteiger charge is -2.09. The fourth-order valence-electron chi connectivity index (χ4n) is 3.64. The molecule has 4 rings (SSSR count). The van der Waals surface area contributed by atoms with Crippen molar-refractivity contribution in [3.8, 4) is 5.75 Å². The number of anilines is 1. The molecule has 1 N–H and O–H groups in total. The molecule has 0 bridgehead atoms. The van der Waals surface area contributed by atoms with Crippen LogP contribution in [0.25, 0.3) is 10.9 Å². The predicted octanol–water partition coefficient (Wildman–Crippen LogP) is 5.55. The average molecular weight is 468 g/mol. The molecule has 0 spiro atoms. The van der Waals surface area contributed by atoms with E-state index in [0.717, 1.165) is 21.7 Å². The lowest BCUT2D eigenvalue weighted by molar-refractivity contribution is -0.112. The number of benzene rings is 2. The first-order chi connectivity index (χ1) is 15.3. The fourth-order valence-corrected chi connectivity index (χ4v) is 4.58. The fraction of sp³-hybridized carbons (Fsp3) is 0.208. The number of aryl methyl sites for hydroxylation is 2. The van der Waals surface area contributed by atoms with E-state index < -0.39 is 11.7 Å². The summed E-state index contributed by atoms with van der Waals surface area (Å²) in [6.07, 6.45) is 0. The van der Waals surface area contributed by atoms with E-state index in [9.17, 15) is 9.59 Å². The van der Waals surface area contributed by atoms with Crippen molar-refractivity contribution in [2.45, 2.75) is 27.3 Å². The number of rotatable bonds is 6. The maximum Gasteiger partial charge on any atom is 0.298 e. The summed E-state index contributed by atoms with van der Waals surface area (Å²) in [5.74, 6) is -0.710. The van der Waals surface area contributed by atoms with Crippen molar-refractivity contribution >= 4 is 50.7 Å². The van der Waals surface area contributed by atoms with Gasteiger partial charge in [0.25, 0.3) is 11.7 Å². The van der Waals surface area contributed by atoms with Crippen LogP contribution in [0.15, 0.2) is 42.5 Å². The Labute approximate surface area is 194 Å². The van der Waals surface area contributed by atoms with Gasteiger partial charge in [0.1, 0.15) is 5.75 Å². The van der Waals surface area contributed by atoms with E-state index in [-0.39, 0.29) is 0 Å². The summed E-state index contributed by atoms with van der Waals surface area (Å²) >= 11 is 7.36. The molecule has 2 heterocycles. The Morgan fingerprint density at radius 1 is 1.12 bits per heavy atom. The van der Waals surface area contributed by atoms with Crippen LogP contribution in [0.2, 0.25) is 5.02 Å². The van der Waals surface area contributed by atoms with Crippen molar-refractivity contribution in [3.63, 3.8) is 0 Å². The quantitative estimate of drug-likeness (QED) is 0.298. The van der Waals surface area contributed by atoms with Gasteiger partial charge in [0.05, 0.1) is 18.4 Å². The number of fused-ring (bicyclic) bond motifs is 1. The molecular formula is C24H22ClN3O3S. The van der Waals surface area contributed by atoms with Crippen molar-refractivity contribution in [1.29, 1.82) is 0 Å². The van der Waals surface area contributed by atoms with Crippen LogP contribution in [-0.2, 0) is 11.3 Å². The molecule has 0 atom stereocenters. The minimum absolute atomic E-state index is 0.357. The maximum absolute atomic E-state index is 13.3. The van der Waals surface area contributed by atoms with Crippen LogP contribution >= 0.6 is 22.9 Å². The summed E-state index contributed by atoms with van der Waals surface area (Å²) in [4.78, 5) is 31.4. The molecule has 0 aliphatic rings. The lowest BCUT2D eigenvalue weighted by atomic mass is 10.1. The standard InChI is InChI=1S/C24H22ClN3O3S/c1-13-15(3)32-24(26-13)27-23(30)22(29)21-14(2)28(12-16-5-7-17(25)8-6-16)20-10-9-18(31-4)11-19(20)21/h5-11H,12H2,1-4H3,(H,26,27,30). The number of hydrogen-bond donors (Lipinski definition) is 1. The molecule has 6 nitrogen and oxygen atoms in total. The Morgan fingerprint density at radius 2 is 1.84 bits per heavy atom. The van der Waals surface area contributed by atoms with Gasteiger partial charge in [0.15, 0.2) is 5.13 Å². The topological polar surface area (TPSA) is 73.2 Å². The zero-order chi connectivity index (χ0) is 23.0. The van der Waals surface area contributed by atoms with Gasteiger partial charge >= 0.3 is 0 Å². The van der Waals surface area contributed by atoms with Crippen molar-refractivity contribution in [2.24, 2.45) is 0 Å². The summed E-state index contributed by atoms with van der Waals surface area (Å²) in [6, 6.07) is 13.1. The molecule has 2 aromatic heterocycles. The Morgan fingerprint density at radius 3 is 2.47 bits per heavy atom. The van der Waals surface area contributed by atoms with E-state index in [1.807, 2.05) is 61.7 Å². The number of ether oxygens (including phenoxy) is 1. The average Bonchev–Trinajstić information content (AvgIpc) is 3.23. The van der Waals surface area contributed by atoms with Crippen molar-refractivity contribution in [3.05, 3.63) is 74.9 Å². The van der Waals surface area contributed by atoms with Crippen LogP contribution < -0.4 is 10.1 Å². The highest BCUT2D eigenvalue weighted by molar-refractivity contribution is 7.15. The number of carbonyl (C=O) groups excluding carboxylic acids is 2. The third kappa shape index (κ3) is 4.13. The Kier molecular flexibility index (Phi) is 6.04. The molecule has 32 heavy (non-hydrogen) atoms. The van der Waals surface area contributed by atoms with Gasteiger partial charge < -0.3 is 9.30 Å². The number of Topliss-reactive ketones (excluding diaryl/α,β-unsaturated/α-hetero) is 1. The second-order valence-corrected chi connectivity index (χ2v) is 9.14. The largest absolute Gasteiger partial charge is 0.497 e. The first-order valence-corrected chi connectivity index (χ1v) is 11.2. The summed E-state index contributed by atoms with van der Waals surface area (Å²) in [5.41, 5.74) is 3.76. The highest BCUT2D eigenvalue weighted by Gasteiger charge is 2.26. The van der Waals surface area contributed by atoms with E-state index >= 15 is 0 Å². The van der Waals surface area contributed by atoms with E-state index in [1.165, 1.54) is 11.3 Å². The molecule has 0 radical (unpaired) electrons. The number of nitrogens with one attached hydrogen (secondary N) is 1. The van der Waals surface area contributed by atoms with E-state index in [2.05, 4.69) is 10.3 Å². The van der Waals surface area contributed by atoms with Gasteiger partial charge in [-0.05, 0) is 56.7 Å². The highest BCUT2D eigenvalue weighted by Crippen LogP contribution is 2.31. The van der Waals surface area contributed by atoms with Crippen LogP contribution in [0.3, 0.4) is 0 Å². The van der Waals surface area contributed by atoms with Crippen LogP contribution in [-0.4, -0.2) is 28.4 Å². The summed E-state index contributed by atoms with van der Waals surface area (Å²) < 4.78 is 7.39. The molecule has 2 aromatic carbocycles. The number of hydrogen-bond acceptors (Lipinski definition) is 5. The van der Waals surface area contributed by atoms with Gasteiger partial charge in [0, 0.05) is 33.0 Å². The van der Waals surface area contributed by atoms with Gasteiger partial charge in [-0.25, -0.2) is 4.98 Å². The minimum Gasteiger partial charge on any atom is -0.497 e. The molecule has 1 amide bonds. The first-order valence-electron chi connectivity index (χ1n) is 9.99. The molecule has 0 aliphatic heterocycles. The molecule has 0 fully saturated rings. The monoisotopic (exact) mass is 467 g/mol. The number of halogens is 1.